The zero-order valence-corrected chi connectivity index (χ0v) is 15.1. The molecule has 1 aromatic heterocycles. The topological polar surface area (TPSA) is 64.8 Å². The summed E-state index contributed by atoms with van der Waals surface area (Å²) in [5, 5.41) is 4.03. The van der Waals surface area contributed by atoms with Crippen molar-refractivity contribution in [3.63, 3.8) is 0 Å². The zero-order chi connectivity index (χ0) is 18.7. The van der Waals surface area contributed by atoms with Crippen molar-refractivity contribution in [3.05, 3.63) is 53.1 Å². The Kier molecular flexibility index (Phi) is 5.20. The quantitative estimate of drug-likeness (QED) is 0.659. The molecule has 0 radical (unpaired) electrons. The second-order valence-electron chi connectivity index (χ2n) is 6.44. The minimum atomic E-state index is -0.877. The van der Waals surface area contributed by atoms with Crippen molar-refractivity contribution < 1.29 is 18.7 Å². The highest BCUT2D eigenvalue weighted by atomic mass is 19.1. The fourth-order valence-electron chi connectivity index (χ4n) is 3.07. The van der Waals surface area contributed by atoms with Crippen LogP contribution in [0.1, 0.15) is 30.3 Å². The smallest absolute Gasteiger partial charge is 0.245 e. The Morgan fingerprint density at radius 3 is 2.62 bits per heavy atom. The average Bonchev–Trinajstić information content (AvgIpc) is 3.12. The average molecular weight is 359 g/mol. The van der Waals surface area contributed by atoms with Crippen molar-refractivity contribution in [1.29, 1.82) is 0 Å². The second-order valence-corrected chi connectivity index (χ2v) is 6.44. The van der Waals surface area contributed by atoms with Crippen molar-refractivity contribution in [1.82, 2.24) is 9.99 Å². The molecule has 0 unspecified atom stereocenters. The number of nitrogens with zero attached hydrogens (tertiary/aromatic N) is 2. The third-order valence-electron chi connectivity index (χ3n) is 4.33. The third-order valence-corrected chi connectivity index (χ3v) is 4.33. The number of aryl methyl sites for hydroxylation is 1. The van der Waals surface area contributed by atoms with Crippen LogP contribution in [-0.4, -0.2) is 35.7 Å². The van der Waals surface area contributed by atoms with Crippen molar-refractivity contribution in [2.45, 2.75) is 33.0 Å². The molecule has 1 aliphatic rings. The van der Waals surface area contributed by atoms with Gasteiger partial charge in [-0.05, 0) is 51.1 Å². The molecule has 1 amide bonds. The third kappa shape index (κ3) is 4.00. The first-order valence-corrected chi connectivity index (χ1v) is 8.43. The maximum Gasteiger partial charge on any atom is 0.245 e. The summed E-state index contributed by atoms with van der Waals surface area (Å²) in [5.74, 6) is -1.43. The number of halogens is 1. The second kappa shape index (κ2) is 7.39. The monoisotopic (exact) mass is 359 g/mol. The summed E-state index contributed by atoms with van der Waals surface area (Å²) in [6, 6.07) is 8.26. The molecule has 0 aliphatic carbocycles. The Morgan fingerprint density at radius 1 is 1.31 bits per heavy atom. The highest BCUT2D eigenvalue weighted by Gasteiger charge is 2.33. The molecule has 1 N–H and O–H groups in total. The van der Waals surface area contributed by atoms with Gasteiger partial charge in [0.15, 0.2) is 5.79 Å². The van der Waals surface area contributed by atoms with Gasteiger partial charge in [0.2, 0.25) is 5.91 Å². The van der Waals surface area contributed by atoms with E-state index in [1.165, 1.54) is 12.1 Å². The molecule has 0 atom stereocenters. The van der Waals surface area contributed by atoms with E-state index in [4.69, 9.17) is 9.47 Å². The van der Waals surface area contributed by atoms with Gasteiger partial charge in [-0.1, -0.05) is 0 Å². The molecule has 0 bridgehead atoms. The Labute approximate surface area is 151 Å². The zero-order valence-electron chi connectivity index (χ0n) is 15.1. The van der Waals surface area contributed by atoms with Gasteiger partial charge in [0, 0.05) is 22.6 Å². The van der Waals surface area contributed by atoms with Crippen molar-refractivity contribution in [3.8, 4) is 5.69 Å². The van der Waals surface area contributed by atoms with Crippen LogP contribution in [0.15, 0.2) is 35.4 Å². The van der Waals surface area contributed by atoms with Crippen LogP contribution >= 0.6 is 0 Å². The van der Waals surface area contributed by atoms with Gasteiger partial charge in [-0.25, -0.2) is 9.82 Å². The fourth-order valence-corrected chi connectivity index (χ4v) is 3.07. The maximum absolute atomic E-state index is 13.1. The summed E-state index contributed by atoms with van der Waals surface area (Å²) in [7, 11) is 0. The highest BCUT2D eigenvalue weighted by Crippen LogP contribution is 2.22. The van der Waals surface area contributed by atoms with Crippen LogP contribution in [0.4, 0.5) is 4.39 Å². The van der Waals surface area contributed by atoms with Crippen molar-refractivity contribution >= 4 is 12.1 Å². The molecule has 1 fully saturated rings. The summed E-state index contributed by atoms with van der Waals surface area (Å²) in [5.41, 5.74) is 6.17. The molecule has 2 heterocycles. The highest BCUT2D eigenvalue weighted by molar-refractivity contribution is 5.84. The van der Waals surface area contributed by atoms with Gasteiger partial charge in [-0.3, -0.25) is 4.79 Å². The van der Waals surface area contributed by atoms with Crippen LogP contribution in [0.25, 0.3) is 5.69 Å². The first-order valence-electron chi connectivity index (χ1n) is 8.43. The summed E-state index contributed by atoms with van der Waals surface area (Å²) in [6.45, 7) is 6.62. The number of rotatable bonds is 5. The van der Waals surface area contributed by atoms with Gasteiger partial charge in [-0.2, -0.15) is 5.10 Å². The van der Waals surface area contributed by atoms with Crippen LogP contribution in [0.5, 0.6) is 0 Å². The van der Waals surface area contributed by atoms with E-state index in [-0.39, 0.29) is 18.1 Å². The minimum Gasteiger partial charge on any atom is -0.347 e. The van der Waals surface area contributed by atoms with Gasteiger partial charge < -0.3 is 14.0 Å². The SMILES string of the molecule is Cc1cc(/C=N\NC(=O)CC2(C)OCCO2)c(C)n1-c1ccc(F)cc1. The number of hydrogen-bond donors (Lipinski definition) is 1. The molecular formula is C19H22FN3O3. The summed E-state index contributed by atoms with van der Waals surface area (Å²) in [4.78, 5) is 12.0. The first kappa shape index (κ1) is 18.3. The van der Waals surface area contributed by atoms with E-state index < -0.39 is 5.79 Å². The molecule has 1 saturated heterocycles. The lowest BCUT2D eigenvalue weighted by molar-refractivity contribution is -0.159. The number of carbonyl (C=O) groups is 1. The molecule has 1 aromatic carbocycles. The molecule has 138 valence electrons. The fraction of sp³-hybridized carbons (Fsp3) is 0.368. The minimum absolute atomic E-state index is 0.0823. The molecule has 6 nitrogen and oxygen atoms in total. The lowest BCUT2D eigenvalue weighted by Crippen LogP contribution is -2.33. The van der Waals surface area contributed by atoms with Crippen molar-refractivity contribution in [2.24, 2.45) is 5.10 Å². The summed E-state index contributed by atoms with van der Waals surface area (Å²) in [6.07, 6.45) is 1.68. The largest absolute Gasteiger partial charge is 0.347 e. The van der Waals surface area contributed by atoms with Gasteiger partial charge in [-0.15, -0.1) is 0 Å². The Balaban J connectivity index is 1.68. The lowest BCUT2D eigenvalue weighted by Gasteiger charge is -2.20. The molecule has 3 rings (SSSR count). The number of benzene rings is 1. The van der Waals surface area contributed by atoms with Crippen LogP contribution in [-0.2, 0) is 14.3 Å². The van der Waals surface area contributed by atoms with E-state index in [1.807, 2.05) is 24.5 Å². The van der Waals surface area contributed by atoms with E-state index in [0.29, 0.717) is 13.2 Å². The maximum atomic E-state index is 13.1. The van der Waals surface area contributed by atoms with Crippen LogP contribution in [0, 0.1) is 19.7 Å². The van der Waals surface area contributed by atoms with Crippen LogP contribution < -0.4 is 5.43 Å². The van der Waals surface area contributed by atoms with Crippen LogP contribution in [0.2, 0.25) is 0 Å². The van der Waals surface area contributed by atoms with E-state index in [9.17, 15) is 9.18 Å². The van der Waals surface area contributed by atoms with Gasteiger partial charge in [0.05, 0.1) is 25.8 Å². The van der Waals surface area contributed by atoms with Gasteiger partial charge in [0.1, 0.15) is 5.82 Å². The Hall–Kier alpha value is -2.51. The summed E-state index contributed by atoms with van der Waals surface area (Å²) < 4.78 is 26.0. The molecule has 7 heteroatoms. The standard InChI is InChI=1S/C19H22FN3O3/c1-13-10-15(14(2)23(13)17-6-4-16(20)5-7-17)12-21-22-18(24)11-19(3)25-8-9-26-19/h4-7,10,12H,8-9,11H2,1-3H3,(H,22,24)/b21-12-. The van der Waals surface area contributed by atoms with Gasteiger partial charge >= 0.3 is 0 Å². The first-order chi connectivity index (χ1) is 12.4. The number of nitrogens with one attached hydrogen (secondary N) is 1. The predicted molar refractivity (Wildman–Crippen MR) is 95.9 cm³/mol. The molecule has 2 aromatic rings. The lowest BCUT2D eigenvalue weighted by atomic mass is 10.2. The Bertz CT molecular complexity index is 821. The molecular weight excluding hydrogens is 337 g/mol. The normalized spacial score (nSPS) is 16.3. The van der Waals surface area contributed by atoms with E-state index in [2.05, 4.69) is 10.5 Å². The Morgan fingerprint density at radius 2 is 1.96 bits per heavy atom. The molecule has 0 spiro atoms. The number of ether oxygens (including phenoxy) is 2. The summed E-state index contributed by atoms with van der Waals surface area (Å²) >= 11 is 0. The number of amides is 1. The van der Waals surface area contributed by atoms with Gasteiger partial charge in [0.25, 0.3) is 0 Å². The molecule has 26 heavy (non-hydrogen) atoms. The van der Waals surface area contributed by atoms with E-state index in [1.54, 1.807) is 25.3 Å². The van der Waals surface area contributed by atoms with E-state index >= 15 is 0 Å². The number of aromatic nitrogens is 1. The van der Waals surface area contributed by atoms with Crippen LogP contribution in [0.3, 0.4) is 0 Å². The number of carbonyl (C=O) groups excluding carboxylic acids is 1. The number of hydrogen-bond acceptors (Lipinski definition) is 4. The van der Waals surface area contributed by atoms with E-state index in [0.717, 1.165) is 22.6 Å². The van der Waals surface area contributed by atoms with Crippen molar-refractivity contribution in [2.75, 3.05) is 13.2 Å². The predicted octanol–water partition coefficient (Wildman–Crippen LogP) is 2.84. The molecule has 0 saturated carbocycles. The molecule has 1 aliphatic heterocycles. The number of hydrazone groups is 1.